The fourth-order valence-corrected chi connectivity index (χ4v) is 2.97. The summed E-state index contributed by atoms with van der Waals surface area (Å²) >= 11 is 0. The zero-order valence-electron chi connectivity index (χ0n) is 14.9. The van der Waals surface area contributed by atoms with Crippen molar-refractivity contribution in [3.05, 3.63) is 59.4 Å². The van der Waals surface area contributed by atoms with Crippen LogP contribution in [-0.4, -0.2) is 36.4 Å². The minimum atomic E-state index is -0.324. The van der Waals surface area contributed by atoms with Gasteiger partial charge >= 0.3 is 0 Å². The first-order chi connectivity index (χ1) is 12.5. The van der Waals surface area contributed by atoms with E-state index in [4.69, 9.17) is 4.74 Å². The molecule has 0 N–H and O–H groups in total. The number of ether oxygens (including phenoxy) is 1. The van der Waals surface area contributed by atoms with Gasteiger partial charge in [-0.15, -0.1) is 0 Å². The van der Waals surface area contributed by atoms with Crippen molar-refractivity contribution in [3.8, 4) is 5.75 Å². The second kappa shape index (κ2) is 7.56. The maximum atomic E-state index is 13.1. The van der Waals surface area contributed by atoms with Crippen LogP contribution in [0.15, 0.2) is 42.5 Å². The SMILES string of the molecule is CCN(CC)C(=O)c1ccc2c(c1)N(Cc1ccc(F)cc1)C(=O)CO2. The van der Waals surface area contributed by atoms with Gasteiger partial charge in [0.2, 0.25) is 0 Å². The lowest BCUT2D eigenvalue weighted by atomic mass is 10.1. The Kier molecular flexibility index (Phi) is 5.21. The molecule has 0 spiro atoms. The number of anilines is 1. The summed E-state index contributed by atoms with van der Waals surface area (Å²) in [7, 11) is 0. The van der Waals surface area contributed by atoms with Crippen LogP contribution in [0, 0.1) is 5.82 Å². The Bertz CT molecular complexity index is 816. The number of fused-ring (bicyclic) bond motifs is 1. The van der Waals surface area contributed by atoms with Crippen LogP contribution in [0.2, 0.25) is 0 Å². The molecule has 0 saturated heterocycles. The molecule has 2 amide bonds. The number of benzene rings is 2. The van der Waals surface area contributed by atoms with Crippen molar-refractivity contribution in [2.75, 3.05) is 24.6 Å². The number of hydrogen-bond donors (Lipinski definition) is 0. The smallest absolute Gasteiger partial charge is 0.265 e. The monoisotopic (exact) mass is 356 g/mol. The molecule has 136 valence electrons. The Hall–Kier alpha value is -2.89. The lowest BCUT2D eigenvalue weighted by Gasteiger charge is -2.30. The number of hydrogen-bond acceptors (Lipinski definition) is 3. The Morgan fingerprint density at radius 1 is 1.15 bits per heavy atom. The minimum absolute atomic E-state index is 0.0580. The molecule has 1 heterocycles. The largest absolute Gasteiger partial charge is 0.482 e. The van der Waals surface area contributed by atoms with Gasteiger partial charge in [-0.3, -0.25) is 9.59 Å². The molecule has 0 radical (unpaired) electrons. The highest BCUT2D eigenvalue weighted by molar-refractivity contribution is 6.01. The summed E-state index contributed by atoms with van der Waals surface area (Å²) in [6, 6.07) is 11.1. The summed E-state index contributed by atoms with van der Waals surface area (Å²) in [6.45, 7) is 5.30. The van der Waals surface area contributed by atoms with Crippen LogP contribution in [0.25, 0.3) is 0 Å². The van der Waals surface area contributed by atoms with Gasteiger partial charge in [0.15, 0.2) is 6.61 Å². The van der Waals surface area contributed by atoms with Crippen LogP contribution >= 0.6 is 0 Å². The van der Waals surface area contributed by atoms with Gasteiger partial charge in [-0.25, -0.2) is 4.39 Å². The van der Waals surface area contributed by atoms with Gasteiger partial charge in [-0.05, 0) is 49.7 Å². The summed E-state index contributed by atoms with van der Waals surface area (Å²) in [6.07, 6.45) is 0. The van der Waals surface area contributed by atoms with E-state index in [9.17, 15) is 14.0 Å². The molecule has 3 rings (SSSR count). The lowest BCUT2D eigenvalue weighted by molar-refractivity contribution is -0.121. The topological polar surface area (TPSA) is 49.9 Å². The Labute approximate surface area is 152 Å². The molecule has 1 aliphatic rings. The first kappa shape index (κ1) is 17.9. The van der Waals surface area contributed by atoms with Crippen molar-refractivity contribution in [2.24, 2.45) is 0 Å². The first-order valence-corrected chi connectivity index (χ1v) is 8.64. The average molecular weight is 356 g/mol. The Morgan fingerprint density at radius 3 is 2.50 bits per heavy atom. The molecule has 2 aromatic rings. The van der Waals surface area contributed by atoms with Crippen molar-refractivity contribution >= 4 is 17.5 Å². The molecular weight excluding hydrogens is 335 g/mol. The van der Waals surface area contributed by atoms with Crippen molar-refractivity contribution in [2.45, 2.75) is 20.4 Å². The van der Waals surface area contributed by atoms with Gasteiger partial charge < -0.3 is 14.5 Å². The highest BCUT2D eigenvalue weighted by atomic mass is 19.1. The standard InChI is InChI=1S/C20H21FN2O3/c1-3-22(4-2)20(25)15-7-10-18-17(11-15)23(19(24)13-26-18)12-14-5-8-16(21)9-6-14/h5-11H,3-4,12-13H2,1-2H3. The normalized spacial score (nSPS) is 13.2. The van der Waals surface area contributed by atoms with Crippen LogP contribution in [0.4, 0.5) is 10.1 Å². The highest BCUT2D eigenvalue weighted by Gasteiger charge is 2.27. The fourth-order valence-electron chi connectivity index (χ4n) is 2.97. The van der Waals surface area contributed by atoms with Gasteiger partial charge in [-0.1, -0.05) is 12.1 Å². The van der Waals surface area contributed by atoms with Crippen LogP contribution in [0.5, 0.6) is 5.75 Å². The number of nitrogens with zero attached hydrogens (tertiary/aromatic N) is 2. The number of carbonyl (C=O) groups is 2. The van der Waals surface area contributed by atoms with E-state index < -0.39 is 0 Å². The maximum Gasteiger partial charge on any atom is 0.265 e. The van der Waals surface area contributed by atoms with E-state index in [-0.39, 0.29) is 24.2 Å². The van der Waals surface area contributed by atoms with Gasteiger partial charge in [0.05, 0.1) is 12.2 Å². The molecule has 6 heteroatoms. The molecule has 1 aliphatic heterocycles. The van der Waals surface area contributed by atoms with Crippen LogP contribution in [-0.2, 0) is 11.3 Å². The molecule has 0 saturated carbocycles. The zero-order chi connectivity index (χ0) is 18.7. The quantitative estimate of drug-likeness (QED) is 0.826. The van der Waals surface area contributed by atoms with Crippen molar-refractivity contribution in [1.29, 1.82) is 0 Å². The van der Waals surface area contributed by atoms with E-state index >= 15 is 0 Å². The van der Waals surface area contributed by atoms with Crippen molar-refractivity contribution in [1.82, 2.24) is 4.90 Å². The van der Waals surface area contributed by atoms with Gasteiger partial charge in [0.25, 0.3) is 11.8 Å². The zero-order valence-corrected chi connectivity index (χ0v) is 14.9. The average Bonchev–Trinajstić information content (AvgIpc) is 2.66. The van der Waals surface area contributed by atoms with Crippen molar-refractivity contribution < 1.29 is 18.7 Å². The maximum absolute atomic E-state index is 13.1. The van der Waals surface area contributed by atoms with E-state index in [1.54, 1.807) is 40.1 Å². The molecule has 2 aromatic carbocycles. The van der Waals surface area contributed by atoms with E-state index in [0.29, 0.717) is 36.6 Å². The third kappa shape index (κ3) is 3.54. The molecule has 0 unspecified atom stereocenters. The van der Waals surface area contributed by atoms with Crippen LogP contribution < -0.4 is 9.64 Å². The molecule has 0 atom stereocenters. The van der Waals surface area contributed by atoms with Crippen LogP contribution in [0.3, 0.4) is 0 Å². The second-order valence-corrected chi connectivity index (χ2v) is 6.05. The minimum Gasteiger partial charge on any atom is -0.482 e. The summed E-state index contributed by atoms with van der Waals surface area (Å²) < 4.78 is 18.6. The first-order valence-electron chi connectivity index (χ1n) is 8.64. The van der Waals surface area contributed by atoms with Gasteiger partial charge in [-0.2, -0.15) is 0 Å². The van der Waals surface area contributed by atoms with E-state index in [0.717, 1.165) is 5.56 Å². The number of amides is 2. The van der Waals surface area contributed by atoms with Crippen LogP contribution in [0.1, 0.15) is 29.8 Å². The number of carbonyl (C=O) groups excluding carboxylic acids is 2. The van der Waals surface area contributed by atoms with E-state index in [1.165, 1.54) is 12.1 Å². The van der Waals surface area contributed by atoms with E-state index in [2.05, 4.69) is 0 Å². The third-order valence-corrected chi connectivity index (χ3v) is 4.45. The molecule has 0 fully saturated rings. The second-order valence-electron chi connectivity index (χ2n) is 6.05. The third-order valence-electron chi connectivity index (χ3n) is 4.45. The summed E-state index contributed by atoms with van der Waals surface area (Å²) in [5.41, 5.74) is 1.87. The highest BCUT2D eigenvalue weighted by Crippen LogP contribution is 2.34. The predicted molar refractivity (Wildman–Crippen MR) is 96.8 cm³/mol. The molecule has 0 aromatic heterocycles. The van der Waals surface area contributed by atoms with E-state index in [1.807, 2.05) is 13.8 Å². The molecule has 0 bridgehead atoms. The van der Waals surface area contributed by atoms with Gasteiger partial charge in [0, 0.05) is 18.7 Å². The predicted octanol–water partition coefficient (Wildman–Crippen LogP) is 3.23. The Morgan fingerprint density at radius 2 is 1.85 bits per heavy atom. The molecular formula is C20H21FN2O3. The number of halogens is 1. The molecule has 26 heavy (non-hydrogen) atoms. The van der Waals surface area contributed by atoms with Crippen molar-refractivity contribution in [3.63, 3.8) is 0 Å². The Balaban J connectivity index is 1.93. The summed E-state index contributed by atoms with van der Waals surface area (Å²) in [5, 5.41) is 0. The fraction of sp³-hybridized carbons (Fsp3) is 0.300. The molecule has 5 nitrogen and oxygen atoms in total. The van der Waals surface area contributed by atoms with Gasteiger partial charge in [0.1, 0.15) is 11.6 Å². The lowest BCUT2D eigenvalue weighted by Crippen LogP contribution is -2.38. The summed E-state index contributed by atoms with van der Waals surface area (Å²) in [5.74, 6) is -0.0517. The number of rotatable bonds is 5. The molecule has 0 aliphatic carbocycles. The summed E-state index contributed by atoms with van der Waals surface area (Å²) in [4.78, 5) is 28.3.